The van der Waals surface area contributed by atoms with Crippen molar-refractivity contribution in [1.29, 1.82) is 0 Å². The molecule has 0 aliphatic carbocycles. The molecule has 1 aliphatic rings. The average Bonchev–Trinajstić information content (AvgIpc) is 2.58. The zero-order valence-electron chi connectivity index (χ0n) is 13.4. The second kappa shape index (κ2) is 6.74. The van der Waals surface area contributed by atoms with Gasteiger partial charge in [-0.25, -0.2) is 12.8 Å². The lowest BCUT2D eigenvalue weighted by Crippen LogP contribution is -2.57. The Kier molecular flexibility index (Phi) is 4.81. The highest BCUT2D eigenvalue weighted by Gasteiger charge is 2.39. The van der Waals surface area contributed by atoms with Crippen molar-refractivity contribution in [3.05, 3.63) is 59.4 Å². The van der Waals surface area contributed by atoms with Crippen molar-refractivity contribution >= 4 is 33.2 Å². The van der Waals surface area contributed by atoms with Crippen molar-refractivity contribution < 1.29 is 17.6 Å². The van der Waals surface area contributed by atoms with Gasteiger partial charge in [-0.05, 0) is 55.5 Å². The van der Waals surface area contributed by atoms with Gasteiger partial charge in [0.1, 0.15) is 11.9 Å². The lowest BCUT2D eigenvalue weighted by atomic mass is 10.2. The van der Waals surface area contributed by atoms with E-state index in [9.17, 15) is 17.6 Å². The summed E-state index contributed by atoms with van der Waals surface area (Å²) in [4.78, 5) is 14.2. The number of rotatable bonds is 3. The fourth-order valence-corrected chi connectivity index (χ4v) is 4.50. The largest absolute Gasteiger partial charge is 0.310 e. The first kappa shape index (κ1) is 17.8. The zero-order chi connectivity index (χ0) is 18.2. The molecule has 1 atom stereocenters. The van der Waals surface area contributed by atoms with E-state index in [2.05, 4.69) is 0 Å². The summed E-state index contributed by atoms with van der Waals surface area (Å²) in [5, 5.41) is 0.434. The first-order chi connectivity index (χ1) is 11.8. The van der Waals surface area contributed by atoms with Crippen LogP contribution in [-0.2, 0) is 14.8 Å². The second-order valence-electron chi connectivity index (χ2n) is 5.71. The molecule has 1 aliphatic heterocycles. The average molecular weight is 383 g/mol. The fraction of sp³-hybridized carbons (Fsp3) is 0.235. The number of benzene rings is 2. The quantitative estimate of drug-likeness (QED) is 0.820. The molecule has 1 saturated heterocycles. The molecule has 1 heterocycles. The highest BCUT2D eigenvalue weighted by molar-refractivity contribution is 7.89. The number of sulfonamides is 1. The summed E-state index contributed by atoms with van der Waals surface area (Å²) in [6.07, 6.45) is 0. The maximum atomic E-state index is 13.1. The number of anilines is 1. The van der Waals surface area contributed by atoms with E-state index < -0.39 is 21.9 Å². The molecule has 0 aromatic heterocycles. The fourth-order valence-electron chi connectivity index (χ4n) is 2.80. The van der Waals surface area contributed by atoms with Crippen molar-refractivity contribution in [2.45, 2.75) is 17.9 Å². The summed E-state index contributed by atoms with van der Waals surface area (Å²) in [6, 6.07) is 10.5. The van der Waals surface area contributed by atoms with E-state index in [0.29, 0.717) is 10.7 Å². The molecule has 132 valence electrons. The molecule has 25 heavy (non-hydrogen) atoms. The molecule has 0 saturated carbocycles. The topological polar surface area (TPSA) is 57.7 Å². The van der Waals surface area contributed by atoms with Gasteiger partial charge in [0.05, 0.1) is 4.90 Å². The van der Waals surface area contributed by atoms with E-state index in [1.54, 1.807) is 6.92 Å². The summed E-state index contributed by atoms with van der Waals surface area (Å²) in [5.74, 6) is -0.747. The number of carbonyl (C=O) groups excluding carboxylic acids is 1. The Hall–Kier alpha value is -1.96. The van der Waals surface area contributed by atoms with Crippen LogP contribution < -0.4 is 4.90 Å². The second-order valence-corrected chi connectivity index (χ2v) is 8.04. The number of hydrogen-bond acceptors (Lipinski definition) is 3. The molecule has 3 rings (SSSR count). The van der Waals surface area contributed by atoms with Gasteiger partial charge < -0.3 is 4.90 Å². The number of hydrogen-bond donors (Lipinski definition) is 0. The van der Waals surface area contributed by atoms with Crippen molar-refractivity contribution in [3.8, 4) is 0 Å². The Balaban J connectivity index is 1.86. The van der Waals surface area contributed by atoms with E-state index in [1.165, 1.54) is 57.7 Å². The molecule has 1 amide bonds. The predicted octanol–water partition coefficient (Wildman–Crippen LogP) is 2.91. The molecule has 1 unspecified atom stereocenters. The molecule has 0 spiro atoms. The maximum Gasteiger partial charge on any atom is 0.245 e. The third kappa shape index (κ3) is 3.40. The monoisotopic (exact) mass is 382 g/mol. The van der Waals surface area contributed by atoms with Crippen LogP contribution >= 0.6 is 11.6 Å². The number of nitrogens with zero attached hydrogens (tertiary/aromatic N) is 2. The van der Waals surface area contributed by atoms with Gasteiger partial charge in [-0.3, -0.25) is 4.79 Å². The summed E-state index contributed by atoms with van der Waals surface area (Å²) in [5.41, 5.74) is 0.543. The van der Waals surface area contributed by atoms with Crippen molar-refractivity contribution in [1.82, 2.24) is 4.31 Å². The Bertz CT molecular complexity index is 885. The molecule has 2 aromatic rings. The maximum absolute atomic E-state index is 13.1. The first-order valence-electron chi connectivity index (χ1n) is 7.65. The molecule has 0 radical (unpaired) electrons. The highest BCUT2D eigenvalue weighted by Crippen LogP contribution is 2.26. The van der Waals surface area contributed by atoms with Gasteiger partial charge in [0.15, 0.2) is 0 Å². The van der Waals surface area contributed by atoms with Gasteiger partial charge >= 0.3 is 0 Å². The van der Waals surface area contributed by atoms with Crippen LogP contribution in [0.3, 0.4) is 0 Å². The van der Waals surface area contributed by atoms with Crippen molar-refractivity contribution in [3.63, 3.8) is 0 Å². The Labute approximate surface area is 150 Å². The third-order valence-corrected chi connectivity index (χ3v) is 6.39. The van der Waals surface area contributed by atoms with Crippen LogP contribution in [0, 0.1) is 5.82 Å². The number of carbonyl (C=O) groups is 1. The Morgan fingerprint density at radius 3 is 2.24 bits per heavy atom. The van der Waals surface area contributed by atoms with Crippen molar-refractivity contribution in [2.75, 3.05) is 18.0 Å². The van der Waals surface area contributed by atoms with Gasteiger partial charge in [-0.1, -0.05) is 11.6 Å². The van der Waals surface area contributed by atoms with Gasteiger partial charge in [0.25, 0.3) is 0 Å². The smallest absolute Gasteiger partial charge is 0.245 e. The van der Waals surface area contributed by atoms with Crippen LogP contribution in [0.25, 0.3) is 0 Å². The Morgan fingerprint density at radius 2 is 1.64 bits per heavy atom. The van der Waals surface area contributed by atoms with Crippen LogP contribution in [0.15, 0.2) is 53.4 Å². The third-order valence-electron chi connectivity index (χ3n) is 4.16. The minimum Gasteiger partial charge on any atom is -0.310 e. The number of piperazine rings is 1. The number of halogens is 2. The molecule has 8 heteroatoms. The van der Waals surface area contributed by atoms with Crippen LogP contribution in [0.1, 0.15) is 6.92 Å². The summed E-state index contributed by atoms with van der Waals surface area (Å²) in [7, 11) is -3.81. The normalized spacial score (nSPS) is 19.2. The van der Waals surface area contributed by atoms with Crippen LogP contribution in [0.4, 0.5) is 10.1 Å². The van der Waals surface area contributed by atoms with Crippen LogP contribution in [-0.4, -0.2) is 37.8 Å². The van der Waals surface area contributed by atoms with Gasteiger partial charge in [0.2, 0.25) is 15.9 Å². The zero-order valence-corrected chi connectivity index (χ0v) is 15.0. The van der Waals surface area contributed by atoms with E-state index in [1.807, 2.05) is 0 Å². The lowest BCUT2D eigenvalue weighted by Gasteiger charge is -2.38. The lowest BCUT2D eigenvalue weighted by molar-refractivity contribution is -0.123. The molecule has 1 fully saturated rings. The Morgan fingerprint density at radius 1 is 1.04 bits per heavy atom. The molecule has 2 aromatic carbocycles. The van der Waals surface area contributed by atoms with E-state index in [-0.39, 0.29) is 23.9 Å². The molecule has 0 bridgehead atoms. The molecule has 5 nitrogen and oxygen atoms in total. The highest BCUT2D eigenvalue weighted by atomic mass is 35.5. The minimum absolute atomic E-state index is 0.0896. The summed E-state index contributed by atoms with van der Waals surface area (Å²) < 4.78 is 39.9. The van der Waals surface area contributed by atoms with Crippen molar-refractivity contribution in [2.24, 2.45) is 0 Å². The van der Waals surface area contributed by atoms with Gasteiger partial charge in [-0.2, -0.15) is 4.31 Å². The van der Waals surface area contributed by atoms with Crippen LogP contribution in [0.2, 0.25) is 5.02 Å². The molecular weight excluding hydrogens is 367 g/mol. The standard InChI is InChI=1S/C17H16ClFN2O3S/c1-12-17(22)20(15-6-4-14(19)5-7-15)10-11-21(12)25(23,24)16-8-2-13(18)3-9-16/h2-9,12H,10-11H2,1H3. The van der Waals surface area contributed by atoms with E-state index in [0.717, 1.165) is 0 Å². The van der Waals surface area contributed by atoms with Gasteiger partial charge in [0, 0.05) is 23.8 Å². The predicted molar refractivity (Wildman–Crippen MR) is 93.6 cm³/mol. The minimum atomic E-state index is -3.81. The summed E-state index contributed by atoms with van der Waals surface area (Å²) >= 11 is 5.80. The van der Waals surface area contributed by atoms with Gasteiger partial charge in [-0.15, -0.1) is 0 Å². The van der Waals surface area contributed by atoms with E-state index in [4.69, 9.17) is 11.6 Å². The molecule has 0 N–H and O–H groups in total. The first-order valence-corrected chi connectivity index (χ1v) is 9.47. The summed E-state index contributed by atoms with van der Waals surface area (Å²) in [6.45, 7) is 1.89. The SMILES string of the molecule is CC1C(=O)N(c2ccc(F)cc2)CCN1S(=O)(=O)c1ccc(Cl)cc1. The number of amides is 1. The molecular formula is C17H16ClFN2O3S. The van der Waals surface area contributed by atoms with E-state index >= 15 is 0 Å². The van der Waals surface area contributed by atoms with Crippen LogP contribution in [0.5, 0.6) is 0 Å².